The molecule has 1 aliphatic heterocycles. The highest BCUT2D eigenvalue weighted by atomic mass is 32.1. The average Bonchev–Trinajstić information content (AvgIpc) is 3.06. The predicted molar refractivity (Wildman–Crippen MR) is 84.3 cm³/mol. The zero-order chi connectivity index (χ0) is 14.8. The van der Waals surface area contributed by atoms with E-state index in [2.05, 4.69) is 5.10 Å². The SMILES string of the molecule is Cn1nc(-c2cccs2)cc1C(=O)N1CCCC(N)CC1. The van der Waals surface area contributed by atoms with Crippen LogP contribution in [0.4, 0.5) is 0 Å². The van der Waals surface area contributed by atoms with E-state index in [1.165, 1.54) is 0 Å². The molecule has 1 amide bonds. The van der Waals surface area contributed by atoms with Crippen LogP contribution in [0.2, 0.25) is 0 Å². The first-order valence-corrected chi connectivity index (χ1v) is 8.16. The summed E-state index contributed by atoms with van der Waals surface area (Å²) in [5.74, 6) is 0.0573. The van der Waals surface area contributed by atoms with Crippen LogP contribution in [-0.4, -0.2) is 39.7 Å². The molecule has 1 atom stereocenters. The molecule has 0 aliphatic carbocycles. The molecule has 5 nitrogen and oxygen atoms in total. The van der Waals surface area contributed by atoms with E-state index in [4.69, 9.17) is 5.73 Å². The molecule has 1 fully saturated rings. The minimum absolute atomic E-state index is 0.0573. The fourth-order valence-corrected chi connectivity index (χ4v) is 3.38. The first-order chi connectivity index (χ1) is 10.1. The van der Waals surface area contributed by atoms with Crippen molar-refractivity contribution in [2.24, 2.45) is 12.8 Å². The van der Waals surface area contributed by atoms with E-state index in [1.807, 2.05) is 35.5 Å². The Labute approximate surface area is 128 Å². The molecule has 0 saturated carbocycles. The van der Waals surface area contributed by atoms with Crippen LogP contribution in [0.25, 0.3) is 10.6 Å². The van der Waals surface area contributed by atoms with Gasteiger partial charge < -0.3 is 10.6 Å². The maximum atomic E-state index is 12.7. The standard InChI is InChI=1S/C15H20N4OS/c1-18-13(10-12(17-18)14-5-3-9-21-14)15(20)19-7-2-4-11(16)6-8-19/h3,5,9-11H,2,4,6-8,16H2,1H3. The number of carbonyl (C=O) groups is 1. The van der Waals surface area contributed by atoms with Crippen LogP contribution in [0.5, 0.6) is 0 Å². The Kier molecular flexibility index (Phi) is 4.07. The van der Waals surface area contributed by atoms with Gasteiger partial charge in [-0.3, -0.25) is 9.48 Å². The van der Waals surface area contributed by atoms with Gasteiger partial charge in [0.1, 0.15) is 11.4 Å². The molecule has 0 spiro atoms. The van der Waals surface area contributed by atoms with Gasteiger partial charge in [0.2, 0.25) is 0 Å². The zero-order valence-electron chi connectivity index (χ0n) is 12.2. The molecule has 2 N–H and O–H groups in total. The smallest absolute Gasteiger partial charge is 0.272 e. The first kappa shape index (κ1) is 14.3. The van der Waals surface area contributed by atoms with Crippen LogP contribution >= 0.6 is 11.3 Å². The highest BCUT2D eigenvalue weighted by Crippen LogP contribution is 2.24. The molecular weight excluding hydrogens is 284 g/mol. The second kappa shape index (κ2) is 5.99. The van der Waals surface area contributed by atoms with Gasteiger partial charge in [-0.1, -0.05) is 6.07 Å². The van der Waals surface area contributed by atoms with Crippen molar-refractivity contribution < 1.29 is 4.79 Å². The van der Waals surface area contributed by atoms with Gasteiger partial charge in [0, 0.05) is 26.2 Å². The summed E-state index contributed by atoms with van der Waals surface area (Å²) in [7, 11) is 1.83. The molecular formula is C15H20N4OS. The van der Waals surface area contributed by atoms with Gasteiger partial charge in [-0.2, -0.15) is 5.10 Å². The molecule has 3 heterocycles. The van der Waals surface area contributed by atoms with Gasteiger partial charge >= 0.3 is 0 Å². The van der Waals surface area contributed by atoms with Crippen LogP contribution < -0.4 is 5.73 Å². The number of hydrogen-bond acceptors (Lipinski definition) is 4. The molecule has 1 saturated heterocycles. The van der Waals surface area contributed by atoms with E-state index in [9.17, 15) is 4.79 Å². The van der Waals surface area contributed by atoms with Crippen molar-refractivity contribution in [3.63, 3.8) is 0 Å². The molecule has 112 valence electrons. The minimum atomic E-state index is 0.0573. The lowest BCUT2D eigenvalue weighted by Crippen LogP contribution is -2.34. The summed E-state index contributed by atoms with van der Waals surface area (Å²) < 4.78 is 1.68. The number of amides is 1. The van der Waals surface area contributed by atoms with Crippen LogP contribution in [0.3, 0.4) is 0 Å². The number of carbonyl (C=O) groups excluding carboxylic acids is 1. The Bertz CT molecular complexity index is 620. The Morgan fingerprint density at radius 2 is 2.29 bits per heavy atom. The predicted octanol–water partition coefficient (Wildman–Crippen LogP) is 2.10. The molecule has 21 heavy (non-hydrogen) atoms. The van der Waals surface area contributed by atoms with Crippen molar-refractivity contribution in [3.8, 4) is 10.6 Å². The lowest BCUT2D eigenvalue weighted by Gasteiger charge is -2.20. The fraction of sp³-hybridized carbons (Fsp3) is 0.467. The first-order valence-electron chi connectivity index (χ1n) is 7.28. The lowest BCUT2D eigenvalue weighted by atomic mass is 10.1. The van der Waals surface area contributed by atoms with E-state index in [0.717, 1.165) is 42.9 Å². The van der Waals surface area contributed by atoms with Crippen LogP contribution in [0, 0.1) is 0 Å². The Hall–Kier alpha value is -1.66. The highest BCUT2D eigenvalue weighted by molar-refractivity contribution is 7.13. The molecule has 1 unspecified atom stereocenters. The summed E-state index contributed by atoms with van der Waals surface area (Å²) in [6.07, 6.45) is 2.85. The third kappa shape index (κ3) is 3.01. The number of likely N-dealkylation sites (tertiary alicyclic amines) is 1. The van der Waals surface area contributed by atoms with Crippen molar-refractivity contribution in [2.45, 2.75) is 25.3 Å². The van der Waals surface area contributed by atoms with E-state index >= 15 is 0 Å². The van der Waals surface area contributed by atoms with E-state index < -0.39 is 0 Å². The van der Waals surface area contributed by atoms with E-state index in [1.54, 1.807) is 16.0 Å². The van der Waals surface area contributed by atoms with Crippen LogP contribution in [0.1, 0.15) is 29.8 Å². The van der Waals surface area contributed by atoms with Gasteiger partial charge in [0.15, 0.2) is 0 Å². The highest BCUT2D eigenvalue weighted by Gasteiger charge is 2.23. The fourth-order valence-electron chi connectivity index (χ4n) is 2.70. The van der Waals surface area contributed by atoms with Crippen molar-refractivity contribution in [1.29, 1.82) is 0 Å². The second-order valence-corrected chi connectivity index (χ2v) is 6.45. The summed E-state index contributed by atoms with van der Waals surface area (Å²) in [6.45, 7) is 1.52. The summed E-state index contributed by atoms with van der Waals surface area (Å²) in [4.78, 5) is 15.7. The maximum absolute atomic E-state index is 12.7. The van der Waals surface area contributed by atoms with Crippen molar-refractivity contribution >= 4 is 17.2 Å². The van der Waals surface area contributed by atoms with Gasteiger partial charge in [0.05, 0.1) is 4.88 Å². The molecule has 0 radical (unpaired) electrons. The van der Waals surface area contributed by atoms with Gasteiger partial charge in [0.25, 0.3) is 5.91 Å². The maximum Gasteiger partial charge on any atom is 0.272 e. The average molecular weight is 304 g/mol. The number of nitrogens with two attached hydrogens (primary N) is 1. The van der Waals surface area contributed by atoms with E-state index in [-0.39, 0.29) is 11.9 Å². The van der Waals surface area contributed by atoms with E-state index in [0.29, 0.717) is 5.69 Å². The third-order valence-corrected chi connectivity index (χ3v) is 4.82. The topological polar surface area (TPSA) is 64.2 Å². The number of rotatable bonds is 2. The van der Waals surface area contributed by atoms with Crippen molar-refractivity contribution in [3.05, 3.63) is 29.3 Å². The molecule has 2 aromatic rings. The van der Waals surface area contributed by atoms with Gasteiger partial charge in [-0.05, 0) is 36.8 Å². The largest absolute Gasteiger partial charge is 0.337 e. The summed E-state index contributed by atoms with van der Waals surface area (Å²) in [5, 5.41) is 6.48. The van der Waals surface area contributed by atoms with Crippen LogP contribution in [0.15, 0.2) is 23.6 Å². The quantitative estimate of drug-likeness (QED) is 0.924. The lowest BCUT2D eigenvalue weighted by molar-refractivity contribution is 0.0750. The Morgan fingerprint density at radius 3 is 3.05 bits per heavy atom. The van der Waals surface area contributed by atoms with Crippen molar-refractivity contribution in [2.75, 3.05) is 13.1 Å². The van der Waals surface area contributed by atoms with Crippen LogP contribution in [-0.2, 0) is 7.05 Å². The molecule has 3 rings (SSSR count). The Balaban J connectivity index is 1.81. The van der Waals surface area contributed by atoms with Gasteiger partial charge in [-0.25, -0.2) is 0 Å². The number of thiophene rings is 1. The molecule has 6 heteroatoms. The molecule has 0 bridgehead atoms. The van der Waals surface area contributed by atoms with Gasteiger partial charge in [-0.15, -0.1) is 11.3 Å². The summed E-state index contributed by atoms with van der Waals surface area (Å²) in [5.41, 5.74) is 7.49. The number of hydrogen-bond donors (Lipinski definition) is 1. The number of nitrogens with zero attached hydrogens (tertiary/aromatic N) is 3. The van der Waals surface area contributed by atoms with Crippen molar-refractivity contribution in [1.82, 2.24) is 14.7 Å². The molecule has 1 aliphatic rings. The third-order valence-electron chi connectivity index (χ3n) is 3.93. The minimum Gasteiger partial charge on any atom is -0.337 e. The number of aryl methyl sites for hydroxylation is 1. The zero-order valence-corrected chi connectivity index (χ0v) is 13.0. The molecule has 2 aromatic heterocycles. The molecule has 0 aromatic carbocycles. The Morgan fingerprint density at radius 1 is 1.43 bits per heavy atom. The summed E-state index contributed by atoms with van der Waals surface area (Å²) >= 11 is 1.63. The summed E-state index contributed by atoms with van der Waals surface area (Å²) in [6, 6.07) is 6.12. The number of aromatic nitrogens is 2. The monoisotopic (exact) mass is 304 g/mol. The normalized spacial score (nSPS) is 19.5. The second-order valence-electron chi connectivity index (χ2n) is 5.50.